The number of hydrogen-bond donors (Lipinski definition) is 0. The van der Waals surface area contributed by atoms with Crippen LogP contribution in [0.4, 0.5) is 0 Å². The van der Waals surface area contributed by atoms with Gasteiger partial charge in [0.2, 0.25) is 0 Å². The van der Waals surface area contributed by atoms with Crippen molar-refractivity contribution in [2.45, 2.75) is 46.6 Å². The van der Waals surface area contributed by atoms with E-state index >= 15 is 0 Å². The number of para-hydroxylation sites is 1. The minimum Gasteiger partial charge on any atom is -0.494 e. The molecule has 3 aromatic carbocycles. The number of hydrogen-bond acceptors (Lipinski definition) is 7. The van der Waals surface area contributed by atoms with E-state index in [-0.39, 0.29) is 22.2 Å². The van der Waals surface area contributed by atoms with Gasteiger partial charge in [-0.2, -0.15) is 9.78 Å². The summed E-state index contributed by atoms with van der Waals surface area (Å²) in [6.45, 7) is 10.2. The second-order valence-electron chi connectivity index (χ2n) is 9.70. The van der Waals surface area contributed by atoms with Crippen molar-refractivity contribution in [1.29, 1.82) is 0 Å². The van der Waals surface area contributed by atoms with Gasteiger partial charge in [-0.15, -0.1) is 0 Å². The van der Waals surface area contributed by atoms with E-state index < -0.39 is 12.1 Å². The van der Waals surface area contributed by atoms with Crippen molar-refractivity contribution in [3.05, 3.63) is 85.1 Å². The van der Waals surface area contributed by atoms with Gasteiger partial charge >= 0.3 is 5.97 Å². The largest absolute Gasteiger partial charge is 0.494 e. The summed E-state index contributed by atoms with van der Waals surface area (Å²) in [7, 11) is 1.29. The maximum absolute atomic E-state index is 13.7. The fourth-order valence-electron chi connectivity index (χ4n) is 4.36. The van der Waals surface area contributed by atoms with Gasteiger partial charge in [0.15, 0.2) is 17.7 Å². The molecule has 4 rings (SSSR count). The van der Waals surface area contributed by atoms with Crippen molar-refractivity contribution >= 4 is 50.6 Å². The third-order valence-corrected chi connectivity index (χ3v) is 7.31. The Hall–Kier alpha value is -3.69. The van der Waals surface area contributed by atoms with Gasteiger partial charge in [-0.05, 0) is 95.7 Å². The van der Waals surface area contributed by atoms with Crippen LogP contribution >= 0.6 is 27.5 Å². The highest BCUT2D eigenvalue weighted by molar-refractivity contribution is 9.10. The highest BCUT2D eigenvalue weighted by Crippen LogP contribution is 2.36. The molecule has 1 atom stereocenters. The number of ether oxygens (including phenoxy) is 3. The van der Waals surface area contributed by atoms with Crippen LogP contribution in [0.3, 0.4) is 0 Å². The molecule has 0 radical (unpaired) electrons. The lowest BCUT2D eigenvalue weighted by molar-refractivity contribution is -0.147. The van der Waals surface area contributed by atoms with Crippen molar-refractivity contribution in [2.75, 3.05) is 13.7 Å². The Labute approximate surface area is 252 Å². The van der Waals surface area contributed by atoms with Crippen molar-refractivity contribution in [3.8, 4) is 22.9 Å². The normalized spacial score (nSPS) is 12.2. The lowest BCUT2D eigenvalue weighted by Gasteiger charge is -2.18. The molecular weight excluding hydrogens is 610 g/mol. The van der Waals surface area contributed by atoms with Crippen LogP contribution in [0.25, 0.3) is 22.3 Å². The molecule has 0 amide bonds. The zero-order chi connectivity index (χ0) is 29.8. The summed E-state index contributed by atoms with van der Waals surface area (Å²) in [5, 5.41) is 5.28. The van der Waals surface area contributed by atoms with E-state index in [0.29, 0.717) is 33.4 Å². The van der Waals surface area contributed by atoms with Crippen LogP contribution in [0.15, 0.2) is 62.9 Å². The number of halogens is 2. The van der Waals surface area contributed by atoms with Crippen LogP contribution in [-0.4, -0.2) is 41.7 Å². The molecule has 0 aliphatic heterocycles. The summed E-state index contributed by atoms with van der Waals surface area (Å²) in [5.41, 5.74) is 3.55. The van der Waals surface area contributed by atoms with Crippen molar-refractivity contribution in [2.24, 2.45) is 5.10 Å². The number of nitrogens with zero attached hydrogens (tertiary/aromatic N) is 3. The Morgan fingerprint density at radius 3 is 2.56 bits per heavy atom. The van der Waals surface area contributed by atoms with Gasteiger partial charge in [0, 0.05) is 5.56 Å². The first kappa shape index (κ1) is 30.3. The number of methoxy groups -OCH3 is 1. The van der Waals surface area contributed by atoms with Gasteiger partial charge in [-0.3, -0.25) is 4.79 Å². The first-order valence-corrected chi connectivity index (χ1v) is 14.3. The molecule has 10 heteroatoms. The Bertz CT molecular complexity index is 1680. The molecule has 41 heavy (non-hydrogen) atoms. The fourth-order valence-corrected chi connectivity index (χ4v) is 5.32. The second-order valence-corrected chi connectivity index (χ2v) is 11.0. The molecular formula is C31H31BrClN3O5. The molecule has 0 unspecified atom stereocenters. The number of carbonyl (C=O) groups excluding carboxylic acids is 1. The number of rotatable bonds is 9. The number of aryl methyl sites for hydroxylation is 1. The summed E-state index contributed by atoms with van der Waals surface area (Å²) in [6.07, 6.45) is 0.671. The molecule has 4 aromatic rings. The Balaban J connectivity index is 1.86. The van der Waals surface area contributed by atoms with Crippen LogP contribution < -0.4 is 15.0 Å². The van der Waals surface area contributed by atoms with Gasteiger partial charge in [0.05, 0.1) is 40.3 Å². The standard InChI is InChI=1S/C31H31BrClN3O5/c1-7-40-27-12-18(4)23(15-22(27)17(2)3)29-35-26-11-9-8-10-21(26)30(37)36(29)34-16-20-13-24(32)28(25(33)14-20)41-19(5)31(38)39-6/h8-17,19H,7H2,1-6H3/t19-/m1/s1. The molecule has 1 aromatic heterocycles. The average Bonchev–Trinajstić information content (AvgIpc) is 2.94. The van der Waals surface area contributed by atoms with Crippen molar-refractivity contribution in [1.82, 2.24) is 9.66 Å². The number of esters is 1. The molecule has 0 N–H and O–H groups in total. The Morgan fingerprint density at radius 2 is 1.90 bits per heavy atom. The maximum Gasteiger partial charge on any atom is 0.346 e. The van der Waals surface area contributed by atoms with Crippen LogP contribution in [0.1, 0.15) is 50.3 Å². The van der Waals surface area contributed by atoms with Gasteiger partial charge in [-0.1, -0.05) is 37.6 Å². The third-order valence-electron chi connectivity index (χ3n) is 6.44. The average molecular weight is 641 g/mol. The van der Waals surface area contributed by atoms with Crippen molar-refractivity contribution < 1.29 is 19.0 Å². The summed E-state index contributed by atoms with van der Waals surface area (Å²) < 4.78 is 18.1. The van der Waals surface area contributed by atoms with E-state index in [1.807, 2.05) is 38.1 Å². The van der Waals surface area contributed by atoms with Gasteiger partial charge in [-0.25, -0.2) is 9.78 Å². The Morgan fingerprint density at radius 1 is 1.17 bits per heavy atom. The van der Waals surface area contributed by atoms with E-state index in [9.17, 15) is 9.59 Å². The summed E-state index contributed by atoms with van der Waals surface area (Å²) in [5.74, 6) is 1.16. The summed E-state index contributed by atoms with van der Waals surface area (Å²) >= 11 is 9.95. The van der Waals surface area contributed by atoms with Crippen LogP contribution in [0.5, 0.6) is 11.5 Å². The molecule has 1 heterocycles. The van der Waals surface area contributed by atoms with Crippen LogP contribution in [-0.2, 0) is 9.53 Å². The second kappa shape index (κ2) is 12.9. The lowest BCUT2D eigenvalue weighted by Crippen LogP contribution is -2.25. The van der Waals surface area contributed by atoms with E-state index in [4.69, 9.17) is 30.8 Å². The first-order chi connectivity index (χ1) is 19.5. The zero-order valence-corrected chi connectivity index (χ0v) is 26.0. The van der Waals surface area contributed by atoms with Crippen LogP contribution in [0, 0.1) is 6.92 Å². The number of carbonyl (C=O) groups is 1. The predicted octanol–water partition coefficient (Wildman–Crippen LogP) is 7.13. The third kappa shape index (κ3) is 6.47. The summed E-state index contributed by atoms with van der Waals surface area (Å²) in [6, 6.07) is 14.5. The quantitative estimate of drug-likeness (QED) is 0.143. The predicted molar refractivity (Wildman–Crippen MR) is 166 cm³/mol. The molecule has 0 aliphatic carbocycles. The van der Waals surface area contributed by atoms with E-state index in [1.54, 1.807) is 31.2 Å². The highest BCUT2D eigenvalue weighted by atomic mass is 79.9. The van der Waals surface area contributed by atoms with Gasteiger partial charge in [0.1, 0.15) is 5.75 Å². The maximum atomic E-state index is 13.7. The minimum absolute atomic E-state index is 0.183. The first-order valence-electron chi connectivity index (χ1n) is 13.1. The van der Waals surface area contributed by atoms with Gasteiger partial charge < -0.3 is 14.2 Å². The monoisotopic (exact) mass is 639 g/mol. The molecule has 0 aliphatic rings. The fraction of sp³-hybridized carbons (Fsp3) is 0.290. The molecule has 8 nitrogen and oxygen atoms in total. The minimum atomic E-state index is -0.855. The molecule has 0 bridgehead atoms. The zero-order valence-electron chi connectivity index (χ0n) is 23.7. The smallest absolute Gasteiger partial charge is 0.346 e. The highest BCUT2D eigenvalue weighted by Gasteiger charge is 2.20. The molecule has 0 spiro atoms. The molecule has 0 saturated heterocycles. The van der Waals surface area contributed by atoms with Crippen LogP contribution in [0.2, 0.25) is 5.02 Å². The van der Waals surface area contributed by atoms with Crippen molar-refractivity contribution in [3.63, 3.8) is 0 Å². The van der Waals surface area contributed by atoms with E-state index in [0.717, 1.165) is 22.4 Å². The molecule has 214 valence electrons. The summed E-state index contributed by atoms with van der Waals surface area (Å²) in [4.78, 5) is 30.4. The number of fused-ring (bicyclic) bond motifs is 1. The van der Waals surface area contributed by atoms with Gasteiger partial charge in [0.25, 0.3) is 5.56 Å². The molecule has 0 saturated carbocycles. The van der Waals surface area contributed by atoms with E-state index in [2.05, 4.69) is 34.9 Å². The molecule has 0 fully saturated rings. The lowest BCUT2D eigenvalue weighted by atomic mass is 9.96. The Kier molecular flexibility index (Phi) is 9.50. The number of benzene rings is 3. The van der Waals surface area contributed by atoms with E-state index in [1.165, 1.54) is 18.0 Å². The topological polar surface area (TPSA) is 92.0 Å². The number of aromatic nitrogens is 2. The SMILES string of the molecule is CCOc1cc(C)c(-c2nc3ccccc3c(=O)n2N=Cc2cc(Cl)c(O[C@H](C)C(=O)OC)c(Br)c2)cc1C(C)C.